The lowest BCUT2D eigenvalue weighted by molar-refractivity contribution is -0.846. The summed E-state index contributed by atoms with van der Waals surface area (Å²) in [4.78, 5) is 1.18. The lowest BCUT2D eigenvalue weighted by atomic mass is 10.2. The summed E-state index contributed by atoms with van der Waals surface area (Å²) >= 11 is 0. The first-order valence-corrected chi connectivity index (χ1v) is 4.58. The Morgan fingerprint density at radius 2 is 1.92 bits per heavy atom. The van der Waals surface area contributed by atoms with Gasteiger partial charge in [-0.05, 0) is 31.2 Å². The second-order valence-corrected chi connectivity index (χ2v) is 3.21. The van der Waals surface area contributed by atoms with E-state index in [4.69, 9.17) is 4.74 Å². The molecule has 2 heteroatoms. The molecule has 0 aliphatic carbocycles. The highest BCUT2D eigenvalue weighted by Crippen LogP contribution is 2.11. The standard InChI is InChI=1S/C11H17NO/c1-4-13-11-7-5-10(6-8-11)9-12(2)3/h5-8,12H,2,4,9H2,1,3H3. The zero-order valence-corrected chi connectivity index (χ0v) is 8.34. The largest absolute Gasteiger partial charge is 0.494 e. The Balaban J connectivity index is 2.59. The van der Waals surface area contributed by atoms with Gasteiger partial charge in [0.1, 0.15) is 5.75 Å². The van der Waals surface area contributed by atoms with Crippen LogP contribution in [-0.4, -0.2) is 13.7 Å². The van der Waals surface area contributed by atoms with E-state index in [1.165, 1.54) is 10.5 Å². The normalized spacial score (nSPS) is 12.5. The third-order valence-corrected chi connectivity index (χ3v) is 1.74. The van der Waals surface area contributed by atoms with Crippen molar-refractivity contribution in [2.75, 3.05) is 13.7 Å². The zero-order chi connectivity index (χ0) is 9.68. The van der Waals surface area contributed by atoms with Gasteiger partial charge in [-0.2, -0.15) is 7.05 Å². The van der Waals surface area contributed by atoms with Crippen LogP contribution in [0.3, 0.4) is 0 Å². The fraction of sp³-hybridized carbons (Fsp3) is 0.364. The van der Waals surface area contributed by atoms with Gasteiger partial charge in [0.25, 0.3) is 0 Å². The lowest BCUT2D eigenvalue weighted by Gasteiger charge is -2.14. The molecule has 1 aromatic rings. The fourth-order valence-electron chi connectivity index (χ4n) is 1.22. The minimum atomic E-state index is 0.722. The van der Waals surface area contributed by atoms with Crippen LogP contribution in [0.15, 0.2) is 24.3 Å². The summed E-state index contributed by atoms with van der Waals surface area (Å²) in [7, 11) is 5.92. The van der Waals surface area contributed by atoms with Gasteiger partial charge in [-0.1, -0.05) is 0 Å². The number of hydrogen-bond acceptors (Lipinski definition) is 1. The van der Waals surface area contributed by atoms with Gasteiger partial charge in [0.15, 0.2) is 0 Å². The molecule has 0 aromatic heterocycles. The van der Waals surface area contributed by atoms with Crippen molar-refractivity contribution in [3.63, 3.8) is 0 Å². The number of hydrogen-bond donors (Lipinski definition) is 1. The minimum absolute atomic E-state index is 0.722. The van der Waals surface area contributed by atoms with E-state index in [1.54, 1.807) is 0 Å². The summed E-state index contributed by atoms with van der Waals surface area (Å²) in [5.41, 5.74) is 1.29. The van der Waals surface area contributed by atoms with E-state index in [9.17, 15) is 0 Å². The Labute approximate surface area is 80.1 Å². The molecule has 0 aliphatic rings. The second-order valence-electron chi connectivity index (χ2n) is 3.21. The van der Waals surface area contributed by atoms with Crippen molar-refractivity contribution in [1.29, 1.82) is 0 Å². The van der Waals surface area contributed by atoms with Crippen LogP contribution in [0.5, 0.6) is 5.75 Å². The van der Waals surface area contributed by atoms with Crippen LogP contribution in [-0.2, 0) is 6.54 Å². The van der Waals surface area contributed by atoms with E-state index in [-0.39, 0.29) is 0 Å². The van der Waals surface area contributed by atoms with E-state index < -0.39 is 0 Å². The molecular formula is C11H17NO. The van der Waals surface area contributed by atoms with Crippen LogP contribution in [0.2, 0.25) is 0 Å². The van der Waals surface area contributed by atoms with Crippen LogP contribution in [0, 0.1) is 7.05 Å². The molecule has 0 saturated heterocycles. The van der Waals surface area contributed by atoms with Crippen molar-refractivity contribution in [1.82, 2.24) is 0 Å². The van der Waals surface area contributed by atoms with Gasteiger partial charge in [-0.15, -0.1) is 0 Å². The maximum atomic E-state index is 5.34. The number of quaternary nitrogens is 1. The van der Waals surface area contributed by atoms with E-state index >= 15 is 0 Å². The molecule has 1 atom stereocenters. The zero-order valence-electron chi connectivity index (χ0n) is 8.34. The Bertz CT molecular complexity index is 241. The molecule has 72 valence electrons. The lowest BCUT2D eigenvalue weighted by Crippen LogP contribution is -3.01. The fourth-order valence-corrected chi connectivity index (χ4v) is 1.22. The highest BCUT2D eigenvalue weighted by Gasteiger charge is 1.95. The molecule has 2 nitrogen and oxygen atoms in total. The summed E-state index contributed by atoms with van der Waals surface area (Å²) in [5, 5.41) is 0. The molecule has 0 aliphatic heterocycles. The minimum Gasteiger partial charge on any atom is -0.494 e. The van der Waals surface area contributed by atoms with E-state index in [2.05, 4.69) is 19.2 Å². The Kier molecular flexibility index (Phi) is 3.77. The monoisotopic (exact) mass is 179 g/mol. The van der Waals surface area contributed by atoms with Crippen molar-refractivity contribution < 1.29 is 9.64 Å². The molecule has 1 aromatic carbocycles. The summed E-state index contributed by atoms with van der Waals surface area (Å²) in [6.45, 7) is 3.66. The third-order valence-electron chi connectivity index (χ3n) is 1.74. The van der Waals surface area contributed by atoms with Crippen LogP contribution >= 0.6 is 0 Å². The first-order valence-electron chi connectivity index (χ1n) is 4.58. The van der Waals surface area contributed by atoms with Crippen LogP contribution < -0.4 is 9.64 Å². The summed E-state index contributed by atoms with van der Waals surface area (Å²) in [6.07, 6.45) is 0. The topological polar surface area (TPSA) is 13.7 Å². The van der Waals surface area contributed by atoms with Gasteiger partial charge in [0.2, 0.25) is 0 Å². The molecule has 0 amide bonds. The third kappa shape index (κ3) is 3.47. The predicted octanol–water partition coefficient (Wildman–Crippen LogP) is 0.892. The first-order chi connectivity index (χ1) is 6.22. The molecule has 0 bridgehead atoms. The second kappa shape index (κ2) is 4.87. The highest BCUT2D eigenvalue weighted by atomic mass is 16.5. The maximum Gasteiger partial charge on any atom is 0.119 e. The quantitative estimate of drug-likeness (QED) is 0.678. The van der Waals surface area contributed by atoms with Gasteiger partial charge < -0.3 is 9.64 Å². The van der Waals surface area contributed by atoms with Gasteiger partial charge in [0.05, 0.1) is 13.2 Å². The predicted molar refractivity (Wildman–Crippen MR) is 53.6 cm³/mol. The van der Waals surface area contributed by atoms with E-state index in [1.807, 2.05) is 26.1 Å². The van der Waals surface area contributed by atoms with Crippen molar-refractivity contribution in [2.45, 2.75) is 13.5 Å². The SMILES string of the molecule is [CH2-][NH+](C)Cc1ccc(OCC)cc1. The summed E-state index contributed by atoms with van der Waals surface area (Å²) in [6, 6.07) is 8.17. The molecular weight excluding hydrogens is 162 g/mol. The number of rotatable bonds is 4. The summed E-state index contributed by atoms with van der Waals surface area (Å²) in [5.74, 6) is 0.938. The van der Waals surface area contributed by atoms with Gasteiger partial charge in [0, 0.05) is 12.6 Å². The maximum absolute atomic E-state index is 5.34. The number of nitrogens with one attached hydrogen (secondary N) is 1. The van der Waals surface area contributed by atoms with Crippen LogP contribution in [0.4, 0.5) is 0 Å². The molecule has 0 spiro atoms. The van der Waals surface area contributed by atoms with Crippen molar-refractivity contribution in [3.05, 3.63) is 36.9 Å². The van der Waals surface area contributed by atoms with Crippen molar-refractivity contribution in [2.24, 2.45) is 0 Å². The molecule has 1 unspecified atom stereocenters. The van der Waals surface area contributed by atoms with E-state index in [0.29, 0.717) is 0 Å². The Hall–Kier alpha value is -1.02. The number of benzene rings is 1. The average Bonchev–Trinajstić information content (AvgIpc) is 2.08. The smallest absolute Gasteiger partial charge is 0.119 e. The van der Waals surface area contributed by atoms with Gasteiger partial charge in [-0.25, -0.2) is 0 Å². The molecule has 0 saturated carbocycles. The number of ether oxygens (including phenoxy) is 1. The Morgan fingerprint density at radius 3 is 2.38 bits per heavy atom. The van der Waals surface area contributed by atoms with Crippen molar-refractivity contribution in [3.8, 4) is 5.75 Å². The Morgan fingerprint density at radius 1 is 1.31 bits per heavy atom. The van der Waals surface area contributed by atoms with E-state index in [0.717, 1.165) is 18.9 Å². The van der Waals surface area contributed by atoms with Gasteiger partial charge in [-0.3, -0.25) is 0 Å². The molecule has 0 fully saturated rings. The van der Waals surface area contributed by atoms with Crippen LogP contribution in [0.1, 0.15) is 12.5 Å². The summed E-state index contributed by atoms with van der Waals surface area (Å²) < 4.78 is 5.34. The van der Waals surface area contributed by atoms with Gasteiger partial charge >= 0.3 is 0 Å². The molecule has 0 heterocycles. The molecule has 1 N–H and O–H groups in total. The van der Waals surface area contributed by atoms with Crippen LogP contribution in [0.25, 0.3) is 0 Å². The molecule has 13 heavy (non-hydrogen) atoms. The van der Waals surface area contributed by atoms with Crippen molar-refractivity contribution >= 4 is 0 Å². The average molecular weight is 179 g/mol. The molecule has 1 rings (SSSR count). The highest BCUT2D eigenvalue weighted by molar-refractivity contribution is 5.26. The first kappa shape index (κ1) is 10.1. The molecule has 0 radical (unpaired) electrons.